The van der Waals surface area contributed by atoms with Crippen LogP contribution in [0.3, 0.4) is 0 Å². The Kier molecular flexibility index (Phi) is 3.27. The topological polar surface area (TPSA) is 51.8 Å². The lowest BCUT2D eigenvalue weighted by Gasteiger charge is -2.10. The van der Waals surface area contributed by atoms with E-state index in [9.17, 15) is 0 Å². The van der Waals surface area contributed by atoms with Gasteiger partial charge in [0.2, 0.25) is 0 Å². The van der Waals surface area contributed by atoms with E-state index in [2.05, 4.69) is 41.2 Å². The highest BCUT2D eigenvalue weighted by molar-refractivity contribution is 5.24. The van der Waals surface area contributed by atoms with Gasteiger partial charge < -0.3 is 5.73 Å². The van der Waals surface area contributed by atoms with Crippen LogP contribution in [-0.2, 0) is 6.42 Å². The molecule has 0 aliphatic heterocycles. The third-order valence-corrected chi connectivity index (χ3v) is 2.52. The molecule has 0 radical (unpaired) electrons. The van der Waals surface area contributed by atoms with Crippen molar-refractivity contribution in [2.45, 2.75) is 19.4 Å². The van der Waals surface area contributed by atoms with Crippen LogP contribution in [0.2, 0.25) is 0 Å². The van der Waals surface area contributed by atoms with Crippen molar-refractivity contribution in [1.82, 2.24) is 9.97 Å². The van der Waals surface area contributed by atoms with Gasteiger partial charge in [0.25, 0.3) is 0 Å². The van der Waals surface area contributed by atoms with Gasteiger partial charge >= 0.3 is 0 Å². The second-order valence-corrected chi connectivity index (χ2v) is 3.93. The van der Waals surface area contributed by atoms with Crippen LogP contribution >= 0.6 is 0 Å². The Bertz CT molecular complexity index is 454. The maximum absolute atomic E-state index is 6.09. The average molecular weight is 213 g/mol. The van der Waals surface area contributed by atoms with Crippen LogP contribution in [-0.4, -0.2) is 9.97 Å². The first-order valence-electron chi connectivity index (χ1n) is 5.33. The molecule has 0 aliphatic carbocycles. The minimum absolute atomic E-state index is 0.0650. The van der Waals surface area contributed by atoms with Crippen molar-refractivity contribution in [2.24, 2.45) is 5.73 Å². The molecule has 0 bridgehead atoms. The van der Waals surface area contributed by atoms with E-state index in [1.165, 1.54) is 17.5 Å². The fourth-order valence-electron chi connectivity index (χ4n) is 1.72. The SMILES string of the molecule is Cc1cccc(CC(N)c2ccncn2)c1. The van der Waals surface area contributed by atoms with Gasteiger partial charge in [-0.15, -0.1) is 0 Å². The molecule has 16 heavy (non-hydrogen) atoms. The highest BCUT2D eigenvalue weighted by Crippen LogP contribution is 2.14. The van der Waals surface area contributed by atoms with E-state index in [1.54, 1.807) is 6.20 Å². The maximum atomic E-state index is 6.09. The smallest absolute Gasteiger partial charge is 0.115 e. The van der Waals surface area contributed by atoms with Gasteiger partial charge in [-0.05, 0) is 25.0 Å². The Labute approximate surface area is 95.4 Å². The number of hydrogen-bond donors (Lipinski definition) is 1. The molecule has 3 nitrogen and oxygen atoms in total. The van der Waals surface area contributed by atoms with Crippen molar-refractivity contribution in [1.29, 1.82) is 0 Å². The zero-order chi connectivity index (χ0) is 11.4. The number of benzene rings is 1. The Morgan fingerprint density at radius 1 is 1.31 bits per heavy atom. The average Bonchev–Trinajstić information content (AvgIpc) is 2.30. The standard InChI is InChI=1S/C13H15N3/c1-10-3-2-4-11(7-10)8-12(14)13-5-6-15-9-16-13/h2-7,9,12H,8,14H2,1H3. The van der Waals surface area contributed by atoms with Crippen LogP contribution in [0.4, 0.5) is 0 Å². The first kappa shape index (κ1) is 10.8. The fourth-order valence-corrected chi connectivity index (χ4v) is 1.72. The van der Waals surface area contributed by atoms with Gasteiger partial charge in [-0.1, -0.05) is 29.8 Å². The number of aromatic nitrogens is 2. The van der Waals surface area contributed by atoms with E-state index in [0.29, 0.717) is 0 Å². The van der Waals surface area contributed by atoms with Crippen LogP contribution in [0.15, 0.2) is 42.9 Å². The fraction of sp³-hybridized carbons (Fsp3) is 0.231. The molecule has 0 saturated carbocycles. The van der Waals surface area contributed by atoms with E-state index in [4.69, 9.17) is 5.73 Å². The van der Waals surface area contributed by atoms with E-state index < -0.39 is 0 Å². The number of aryl methyl sites for hydroxylation is 1. The molecule has 2 rings (SSSR count). The van der Waals surface area contributed by atoms with E-state index in [-0.39, 0.29) is 6.04 Å². The highest BCUT2D eigenvalue weighted by Gasteiger charge is 2.07. The first-order valence-corrected chi connectivity index (χ1v) is 5.33. The van der Waals surface area contributed by atoms with Gasteiger partial charge in [0.05, 0.1) is 11.7 Å². The Hall–Kier alpha value is -1.74. The lowest BCUT2D eigenvalue weighted by molar-refractivity contribution is 0.692. The van der Waals surface area contributed by atoms with Crippen LogP contribution in [0.5, 0.6) is 0 Å². The molecule has 0 spiro atoms. The summed E-state index contributed by atoms with van der Waals surface area (Å²) in [5, 5.41) is 0. The molecule has 1 heterocycles. The molecule has 0 amide bonds. The van der Waals surface area contributed by atoms with Gasteiger partial charge in [-0.2, -0.15) is 0 Å². The summed E-state index contributed by atoms with van der Waals surface area (Å²) in [6.07, 6.45) is 4.06. The largest absolute Gasteiger partial charge is 0.322 e. The molecule has 0 aliphatic rings. The summed E-state index contributed by atoms with van der Waals surface area (Å²) in [6, 6.07) is 10.2. The number of nitrogens with two attached hydrogens (primary N) is 1. The van der Waals surface area contributed by atoms with Crippen molar-refractivity contribution in [3.8, 4) is 0 Å². The summed E-state index contributed by atoms with van der Waals surface area (Å²) in [6.45, 7) is 2.08. The van der Waals surface area contributed by atoms with Crippen LogP contribution in [0, 0.1) is 6.92 Å². The predicted molar refractivity (Wildman–Crippen MR) is 63.8 cm³/mol. The van der Waals surface area contributed by atoms with Gasteiger partial charge in [0.15, 0.2) is 0 Å². The van der Waals surface area contributed by atoms with Gasteiger partial charge in [0, 0.05) is 6.20 Å². The summed E-state index contributed by atoms with van der Waals surface area (Å²) in [4.78, 5) is 8.04. The van der Waals surface area contributed by atoms with Crippen molar-refractivity contribution in [2.75, 3.05) is 0 Å². The summed E-state index contributed by atoms with van der Waals surface area (Å²) in [7, 11) is 0. The van der Waals surface area contributed by atoms with E-state index >= 15 is 0 Å². The van der Waals surface area contributed by atoms with Crippen molar-refractivity contribution >= 4 is 0 Å². The summed E-state index contributed by atoms with van der Waals surface area (Å²) in [5.41, 5.74) is 9.47. The summed E-state index contributed by atoms with van der Waals surface area (Å²) >= 11 is 0. The Balaban J connectivity index is 2.11. The third kappa shape index (κ3) is 2.64. The monoisotopic (exact) mass is 213 g/mol. The molecular weight excluding hydrogens is 198 g/mol. The van der Waals surface area contributed by atoms with Crippen molar-refractivity contribution in [3.63, 3.8) is 0 Å². The van der Waals surface area contributed by atoms with Crippen LogP contribution < -0.4 is 5.73 Å². The maximum Gasteiger partial charge on any atom is 0.115 e. The van der Waals surface area contributed by atoms with E-state index in [1.807, 2.05) is 6.07 Å². The third-order valence-electron chi connectivity index (χ3n) is 2.52. The molecule has 0 fully saturated rings. The second-order valence-electron chi connectivity index (χ2n) is 3.93. The Morgan fingerprint density at radius 2 is 2.19 bits per heavy atom. The second kappa shape index (κ2) is 4.86. The lowest BCUT2D eigenvalue weighted by Crippen LogP contribution is -2.14. The quantitative estimate of drug-likeness (QED) is 0.848. The molecular formula is C13H15N3. The van der Waals surface area contributed by atoms with Crippen molar-refractivity contribution in [3.05, 3.63) is 59.7 Å². The number of hydrogen-bond acceptors (Lipinski definition) is 3. The molecule has 1 aromatic heterocycles. The lowest BCUT2D eigenvalue weighted by atomic mass is 10.0. The molecule has 1 atom stereocenters. The zero-order valence-corrected chi connectivity index (χ0v) is 9.30. The molecule has 0 saturated heterocycles. The number of rotatable bonds is 3. The highest BCUT2D eigenvalue weighted by atomic mass is 14.8. The molecule has 1 unspecified atom stereocenters. The zero-order valence-electron chi connectivity index (χ0n) is 9.30. The molecule has 82 valence electrons. The van der Waals surface area contributed by atoms with Gasteiger partial charge in [-0.3, -0.25) is 0 Å². The molecule has 3 heteroatoms. The number of nitrogens with zero attached hydrogens (tertiary/aromatic N) is 2. The normalized spacial score (nSPS) is 12.4. The molecule has 2 N–H and O–H groups in total. The molecule has 1 aromatic carbocycles. The van der Waals surface area contributed by atoms with E-state index in [0.717, 1.165) is 12.1 Å². The minimum atomic E-state index is -0.0650. The van der Waals surface area contributed by atoms with Crippen molar-refractivity contribution < 1.29 is 0 Å². The minimum Gasteiger partial charge on any atom is -0.322 e. The summed E-state index contributed by atoms with van der Waals surface area (Å²) in [5.74, 6) is 0. The first-order chi connectivity index (χ1) is 7.75. The predicted octanol–water partition coefficient (Wildman–Crippen LogP) is 2.03. The Morgan fingerprint density at radius 3 is 2.88 bits per heavy atom. The van der Waals surface area contributed by atoms with Crippen LogP contribution in [0.25, 0.3) is 0 Å². The van der Waals surface area contributed by atoms with Gasteiger partial charge in [-0.25, -0.2) is 9.97 Å². The summed E-state index contributed by atoms with van der Waals surface area (Å²) < 4.78 is 0. The molecule has 2 aromatic rings. The van der Waals surface area contributed by atoms with Gasteiger partial charge in [0.1, 0.15) is 6.33 Å². The van der Waals surface area contributed by atoms with Crippen LogP contribution in [0.1, 0.15) is 22.9 Å².